The van der Waals surface area contributed by atoms with Crippen molar-refractivity contribution in [1.82, 2.24) is 3.97 Å². The van der Waals surface area contributed by atoms with E-state index in [0.29, 0.717) is 16.5 Å². The molecule has 0 fully saturated rings. The first-order chi connectivity index (χ1) is 15.8. The Kier molecular flexibility index (Phi) is 5.70. The summed E-state index contributed by atoms with van der Waals surface area (Å²) in [6.07, 6.45) is 1.48. The molecule has 3 aromatic rings. The van der Waals surface area contributed by atoms with Crippen molar-refractivity contribution >= 4 is 26.9 Å². The number of hydrogen-bond donors (Lipinski definition) is 1. The van der Waals surface area contributed by atoms with Crippen molar-refractivity contribution < 1.29 is 22.7 Å². The summed E-state index contributed by atoms with van der Waals surface area (Å²) in [5.74, 6) is -1.25. The Morgan fingerprint density at radius 1 is 1.21 bits per heavy atom. The fourth-order valence-corrected chi connectivity index (χ4v) is 5.29. The Morgan fingerprint density at radius 3 is 2.61 bits per heavy atom. The standard InChI is InChI=1S/C24H21N3O5S/c1-3-31-24(28)21-15(2)32-23(26)19(14-25)22(21)17-9-10-20-16(13-17)11-12-27(20)33(29,30)18-7-5-4-6-8-18/h4-13,22H,3,26H2,1-2H3. The number of esters is 1. The number of aromatic nitrogens is 1. The highest BCUT2D eigenvalue weighted by molar-refractivity contribution is 7.90. The van der Waals surface area contributed by atoms with Crippen molar-refractivity contribution in [2.75, 3.05) is 6.61 Å². The van der Waals surface area contributed by atoms with Gasteiger partial charge in [-0.25, -0.2) is 17.2 Å². The van der Waals surface area contributed by atoms with Gasteiger partial charge in [0.25, 0.3) is 10.0 Å². The number of allylic oxidation sites excluding steroid dienone is 2. The van der Waals surface area contributed by atoms with Crippen LogP contribution in [0.2, 0.25) is 0 Å². The fraction of sp³-hybridized carbons (Fsp3) is 0.167. The summed E-state index contributed by atoms with van der Waals surface area (Å²) in [7, 11) is -3.79. The lowest BCUT2D eigenvalue weighted by molar-refractivity contribution is -0.139. The average molecular weight is 464 g/mol. The van der Waals surface area contributed by atoms with Crippen molar-refractivity contribution in [1.29, 1.82) is 5.26 Å². The lowest BCUT2D eigenvalue weighted by Crippen LogP contribution is -2.25. The van der Waals surface area contributed by atoms with Gasteiger partial charge in [-0.1, -0.05) is 24.3 Å². The molecule has 2 heterocycles. The maximum Gasteiger partial charge on any atom is 0.338 e. The van der Waals surface area contributed by atoms with Gasteiger partial charge in [-0.05, 0) is 49.7 Å². The van der Waals surface area contributed by atoms with Gasteiger partial charge in [0.05, 0.1) is 28.5 Å². The molecule has 0 spiro atoms. The van der Waals surface area contributed by atoms with Gasteiger partial charge in [0, 0.05) is 11.6 Å². The third-order valence-electron chi connectivity index (χ3n) is 5.41. The number of nitriles is 1. The zero-order chi connectivity index (χ0) is 23.8. The quantitative estimate of drug-likeness (QED) is 0.574. The first-order valence-electron chi connectivity index (χ1n) is 10.2. The van der Waals surface area contributed by atoms with Gasteiger partial charge in [0.1, 0.15) is 17.4 Å². The van der Waals surface area contributed by atoms with E-state index in [1.165, 1.54) is 22.3 Å². The van der Waals surface area contributed by atoms with Crippen molar-refractivity contribution in [3.05, 3.63) is 89.1 Å². The number of carbonyl (C=O) groups is 1. The Morgan fingerprint density at radius 2 is 1.94 bits per heavy atom. The smallest absolute Gasteiger partial charge is 0.338 e. The van der Waals surface area contributed by atoms with E-state index in [1.807, 2.05) is 6.07 Å². The fourth-order valence-electron chi connectivity index (χ4n) is 3.92. The van der Waals surface area contributed by atoms with E-state index in [0.717, 1.165) is 0 Å². The SMILES string of the molecule is CCOC(=O)C1=C(C)OC(N)=C(C#N)C1c1ccc2c(ccn2S(=O)(=O)c2ccccc2)c1. The van der Waals surface area contributed by atoms with Crippen LogP contribution in [-0.4, -0.2) is 25.0 Å². The second-order valence-corrected chi connectivity index (χ2v) is 9.18. The van der Waals surface area contributed by atoms with Crippen molar-refractivity contribution in [2.45, 2.75) is 24.7 Å². The molecule has 2 N–H and O–H groups in total. The number of ether oxygens (including phenoxy) is 2. The van der Waals surface area contributed by atoms with Gasteiger partial charge in [-0.15, -0.1) is 0 Å². The molecule has 2 aromatic carbocycles. The minimum absolute atomic E-state index is 0.0827. The number of nitrogens with two attached hydrogens (primary N) is 1. The van der Waals surface area contributed by atoms with E-state index >= 15 is 0 Å². The maximum atomic E-state index is 13.1. The number of rotatable bonds is 5. The number of benzene rings is 2. The monoisotopic (exact) mass is 463 g/mol. The van der Waals surface area contributed by atoms with E-state index in [-0.39, 0.29) is 34.3 Å². The topological polar surface area (TPSA) is 124 Å². The first-order valence-corrected chi connectivity index (χ1v) is 11.6. The molecule has 9 heteroatoms. The molecule has 1 aliphatic heterocycles. The zero-order valence-corrected chi connectivity index (χ0v) is 18.8. The number of fused-ring (bicyclic) bond motifs is 1. The van der Waals surface area contributed by atoms with Crippen LogP contribution in [0.5, 0.6) is 0 Å². The van der Waals surface area contributed by atoms with Gasteiger partial charge >= 0.3 is 5.97 Å². The number of hydrogen-bond acceptors (Lipinski definition) is 7. The van der Waals surface area contributed by atoms with Gasteiger partial charge < -0.3 is 15.2 Å². The highest BCUT2D eigenvalue weighted by Crippen LogP contribution is 2.40. The Balaban J connectivity index is 1.85. The molecule has 0 saturated carbocycles. The van der Waals surface area contributed by atoms with Crippen LogP contribution in [0.4, 0.5) is 0 Å². The highest BCUT2D eigenvalue weighted by Gasteiger charge is 2.36. The van der Waals surface area contributed by atoms with Crippen molar-refractivity contribution in [2.24, 2.45) is 5.73 Å². The predicted molar refractivity (Wildman–Crippen MR) is 121 cm³/mol. The minimum atomic E-state index is -3.79. The summed E-state index contributed by atoms with van der Waals surface area (Å²) in [6.45, 7) is 3.42. The molecule has 33 heavy (non-hydrogen) atoms. The molecular formula is C24H21N3O5S. The van der Waals surface area contributed by atoms with Crippen LogP contribution in [0.15, 0.2) is 88.5 Å². The van der Waals surface area contributed by atoms with Gasteiger partial charge in [0.2, 0.25) is 5.88 Å². The summed E-state index contributed by atoms with van der Waals surface area (Å²) in [5, 5.41) is 10.4. The summed E-state index contributed by atoms with van der Waals surface area (Å²) in [6, 6.07) is 16.9. The predicted octanol–water partition coefficient (Wildman–Crippen LogP) is 3.52. The first kappa shape index (κ1) is 22.2. The normalized spacial score (nSPS) is 16.5. The molecule has 1 unspecified atom stereocenters. The van der Waals surface area contributed by atoms with Crippen LogP contribution in [0.1, 0.15) is 25.3 Å². The highest BCUT2D eigenvalue weighted by atomic mass is 32.2. The third kappa shape index (κ3) is 3.75. The zero-order valence-electron chi connectivity index (χ0n) is 18.0. The third-order valence-corrected chi connectivity index (χ3v) is 7.12. The van der Waals surface area contributed by atoms with Crippen molar-refractivity contribution in [3.8, 4) is 6.07 Å². The van der Waals surface area contributed by atoms with E-state index in [4.69, 9.17) is 15.2 Å². The van der Waals surface area contributed by atoms with Crippen LogP contribution >= 0.6 is 0 Å². The molecule has 0 radical (unpaired) electrons. The summed E-state index contributed by atoms with van der Waals surface area (Å²) in [4.78, 5) is 12.9. The lowest BCUT2D eigenvalue weighted by Gasteiger charge is -2.27. The molecule has 168 valence electrons. The number of nitrogens with zero attached hydrogens (tertiary/aromatic N) is 2. The average Bonchev–Trinajstić information content (AvgIpc) is 3.23. The Hall–Kier alpha value is -4.03. The molecule has 1 aromatic heterocycles. The largest absolute Gasteiger partial charge is 0.463 e. The lowest BCUT2D eigenvalue weighted by atomic mass is 9.83. The van der Waals surface area contributed by atoms with Crippen LogP contribution < -0.4 is 5.73 Å². The molecular weight excluding hydrogens is 442 g/mol. The number of carbonyl (C=O) groups excluding carboxylic acids is 1. The molecule has 0 saturated heterocycles. The minimum Gasteiger partial charge on any atom is -0.463 e. The van der Waals surface area contributed by atoms with Gasteiger partial charge in [-0.2, -0.15) is 5.26 Å². The Labute approximate surface area is 191 Å². The maximum absolute atomic E-state index is 13.1. The van der Waals surface area contributed by atoms with Crippen LogP contribution in [0.3, 0.4) is 0 Å². The van der Waals surface area contributed by atoms with E-state index in [9.17, 15) is 18.5 Å². The molecule has 0 aliphatic carbocycles. The molecule has 4 rings (SSSR count). The molecule has 1 atom stereocenters. The van der Waals surface area contributed by atoms with E-state index < -0.39 is 21.9 Å². The second-order valence-electron chi connectivity index (χ2n) is 7.36. The molecule has 8 nitrogen and oxygen atoms in total. The van der Waals surface area contributed by atoms with Crippen molar-refractivity contribution in [3.63, 3.8) is 0 Å². The Bertz CT molecular complexity index is 1460. The van der Waals surface area contributed by atoms with Crippen LogP contribution in [0, 0.1) is 11.3 Å². The molecule has 0 amide bonds. The van der Waals surface area contributed by atoms with Gasteiger partial charge in [-0.3, -0.25) is 0 Å². The van der Waals surface area contributed by atoms with Crippen LogP contribution in [0.25, 0.3) is 10.9 Å². The molecule has 1 aliphatic rings. The summed E-state index contributed by atoms with van der Waals surface area (Å²) in [5.41, 5.74) is 7.26. The van der Waals surface area contributed by atoms with E-state index in [2.05, 4.69) is 0 Å². The van der Waals surface area contributed by atoms with Gasteiger partial charge in [0.15, 0.2) is 0 Å². The summed E-state index contributed by atoms with van der Waals surface area (Å²) >= 11 is 0. The molecule has 0 bridgehead atoms. The van der Waals surface area contributed by atoms with Crippen LogP contribution in [-0.2, 0) is 24.3 Å². The second kappa shape index (κ2) is 8.48. The summed E-state index contributed by atoms with van der Waals surface area (Å²) < 4.78 is 38.0. The van der Waals surface area contributed by atoms with E-state index in [1.54, 1.807) is 56.3 Å².